The van der Waals surface area contributed by atoms with Crippen molar-refractivity contribution >= 4 is 5.97 Å². The molecule has 0 saturated heterocycles. The van der Waals surface area contributed by atoms with Gasteiger partial charge in [-0.3, -0.25) is 4.98 Å². The van der Waals surface area contributed by atoms with Crippen molar-refractivity contribution in [3.63, 3.8) is 0 Å². The Morgan fingerprint density at radius 2 is 1.62 bits per heavy atom. The van der Waals surface area contributed by atoms with Gasteiger partial charge in [-0.1, -0.05) is 0 Å². The standard InChI is InChI=1S/C10H7N3O2.Li/c14-10(15)9-12-5-8(6-13-9)7-1-3-11-4-2-7;/h1-6H,(H,14,15);/q;+1/p-1. The third kappa shape index (κ3) is 2.66. The maximum atomic E-state index is 10.4. The van der Waals surface area contributed by atoms with Crippen molar-refractivity contribution < 1.29 is 28.8 Å². The summed E-state index contributed by atoms with van der Waals surface area (Å²) in [6.07, 6.45) is 6.16. The molecule has 0 atom stereocenters. The number of nitrogens with zero attached hydrogens (tertiary/aromatic N) is 3. The van der Waals surface area contributed by atoms with Gasteiger partial charge in [-0.2, -0.15) is 0 Å². The monoisotopic (exact) mass is 207 g/mol. The van der Waals surface area contributed by atoms with E-state index in [2.05, 4.69) is 15.0 Å². The Balaban J connectivity index is 0.00000128. The molecule has 0 unspecified atom stereocenters. The van der Waals surface area contributed by atoms with Crippen molar-refractivity contribution in [1.82, 2.24) is 15.0 Å². The summed E-state index contributed by atoms with van der Waals surface area (Å²) in [5.74, 6) is -1.69. The topological polar surface area (TPSA) is 78.8 Å². The van der Waals surface area contributed by atoms with Crippen LogP contribution in [0.4, 0.5) is 0 Å². The Kier molecular flexibility index (Phi) is 4.17. The van der Waals surface area contributed by atoms with Crippen LogP contribution in [0.25, 0.3) is 11.1 Å². The van der Waals surface area contributed by atoms with Crippen molar-refractivity contribution in [2.24, 2.45) is 0 Å². The van der Waals surface area contributed by atoms with Gasteiger partial charge in [0.2, 0.25) is 0 Å². The van der Waals surface area contributed by atoms with Crippen LogP contribution in [0.1, 0.15) is 10.6 Å². The van der Waals surface area contributed by atoms with Gasteiger partial charge < -0.3 is 9.90 Å². The Morgan fingerprint density at radius 3 is 2.12 bits per heavy atom. The van der Waals surface area contributed by atoms with Gasteiger partial charge in [0.15, 0.2) is 5.82 Å². The first-order valence-electron chi connectivity index (χ1n) is 4.21. The maximum absolute atomic E-state index is 10.4. The van der Waals surface area contributed by atoms with Crippen LogP contribution in [0.15, 0.2) is 36.9 Å². The fraction of sp³-hybridized carbons (Fsp3) is 0. The van der Waals surface area contributed by atoms with Gasteiger partial charge in [-0.05, 0) is 17.7 Å². The molecule has 0 amide bonds. The smallest absolute Gasteiger partial charge is 0.542 e. The van der Waals surface area contributed by atoms with Crippen molar-refractivity contribution in [3.05, 3.63) is 42.7 Å². The quantitative estimate of drug-likeness (QED) is 0.487. The van der Waals surface area contributed by atoms with Crippen LogP contribution in [-0.2, 0) is 0 Å². The first-order valence-corrected chi connectivity index (χ1v) is 4.21. The molecular formula is C10H6LiN3O2. The molecule has 2 aromatic heterocycles. The van der Waals surface area contributed by atoms with Crippen molar-refractivity contribution in [2.45, 2.75) is 0 Å². The number of aromatic carboxylic acids is 1. The second-order valence-corrected chi connectivity index (χ2v) is 2.82. The van der Waals surface area contributed by atoms with E-state index in [4.69, 9.17) is 0 Å². The second-order valence-electron chi connectivity index (χ2n) is 2.82. The van der Waals surface area contributed by atoms with E-state index in [1.165, 1.54) is 12.4 Å². The Hall–Kier alpha value is -1.70. The van der Waals surface area contributed by atoms with Gasteiger partial charge in [-0.25, -0.2) is 9.97 Å². The van der Waals surface area contributed by atoms with Crippen molar-refractivity contribution in [3.8, 4) is 11.1 Å². The Morgan fingerprint density at radius 1 is 1.06 bits per heavy atom. The summed E-state index contributed by atoms with van der Waals surface area (Å²) < 4.78 is 0. The molecule has 0 aliphatic heterocycles. The maximum Gasteiger partial charge on any atom is 1.00 e. The number of aromatic nitrogens is 3. The number of hydrogen-bond acceptors (Lipinski definition) is 5. The van der Waals surface area contributed by atoms with Gasteiger partial charge in [0, 0.05) is 30.4 Å². The van der Waals surface area contributed by atoms with E-state index in [0.29, 0.717) is 0 Å². The molecule has 0 aromatic carbocycles. The summed E-state index contributed by atoms with van der Waals surface area (Å²) in [6, 6.07) is 3.58. The summed E-state index contributed by atoms with van der Waals surface area (Å²) in [5, 5.41) is 10.4. The molecule has 0 spiro atoms. The third-order valence-corrected chi connectivity index (χ3v) is 1.85. The molecule has 0 N–H and O–H groups in total. The number of carbonyl (C=O) groups excluding carboxylic acids is 1. The predicted molar refractivity (Wildman–Crippen MR) is 49.6 cm³/mol. The van der Waals surface area contributed by atoms with E-state index in [9.17, 15) is 9.90 Å². The summed E-state index contributed by atoms with van der Waals surface area (Å²) in [7, 11) is 0. The van der Waals surface area contributed by atoms with Gasteiger partial charge in [0.05, 0.1) is 0 Å². The minimum absolute atomic E-state index is 0. The van der Waals surface area contributed by atoms with Crippen LogP contribution in [0, 0.1) is 0 Å². The molecule has 16 heavy (non-hydrogen) atoms. The van der Waals surface area contributed by atoms with E-state index in [1.54, 1.807) is 24.5 Å². The van der Waals surface area contributed by atoms with Gasteiger partial charge >= 0.3 is 18.9 Å². The SMILES string of the molecule is O=C([O-])c1ncc(-c2ccncc2)cn1.[Li+]. The number of carboxylic acids is 1. The molecule has 2 heterocycles. The minimum atomic E-state index is -1.38. The third-order valence-electron chi connectivity index (χ3n) is 1.85. The molecule has 74 valence electrons. The average molecular weight is 207 g/mol. The zero-order valence-electron chi connectivity index (χ0n) is 8.62. The molecule has 0 saturated carbocycles. The molecule has 5 nitrogen and oxygen atoms in total. The summed E-state index contributed by atoms with van der Waals surface area (Å²) in [5.41, 5.74) is 1.62. The number of pyridine rings is 1. The first kappa shape index (κ1) is 12.4. The van der Waals surface area contributed by atoms with Crippen LogP contribution in [0.5, 0.6) is 0 Å². The number of rotatable bonds is 2. The number of carboxylic acid groups (broad SMARTS) is 1. The molecule has 6 heteroatoms. The summed E-state index contributed by atoms with van der Waals surface area (Å²) in [4.78, 5) is 21.6. The zero-order valence-corrected chi connectivity index (χ0v) is 8.62. The molecule has 0 aliphatic rings. The Bertz CT molecular complexity index is 473. The van der Waals surface area contributed by atoms with Crippen molar-refractivity contribution in [2.75, 3.05) is 0 Å². The molecular weight excluding hydrogens is 201 g/mol. The minimum Gasteiger partial charge on any atom is -0.542 e. The fourth-order valence-corrected chi connectivity index (χ4v) is 1.13. The first-order chi connectivity index (χ1) is 7.27. The van der Waals surface area contributed by atoms with Gasteiger partial charge in [0.1, 0.15) is 5.97 Å². The number of hydrogen-bond donors (Lipinski definition) is 0. The van der Waals surface area contributed by atoms with E-state index in [1.807, 2.05) is 0 Å². The average Bonchev–Trinajstić information content (AvgIpc) is 2.30. The number of carbonyl (C=O) groups is 1. The molecule has 0 fully saturated rings. The molecule has 0 radical (unpaired) electrons. The fourth-order valence-electron chi connectivity index (χ4n) is 1.13. The summed E-state index contributed by atoms with van der Waals surface area (Å²) in [6.45, 7) is 0. The van der Waals surface area contributed by atoms with Crippen LogP contribution in [0.3, 0.4) is 0 Å². The van der Waals surface area contributed by atoms with E-state index in [-0.39, 0.29) is 24.7 Å². The van der Waals surface area contributed by atoms with Crippen LogP contribution < -0.4 is 24.0 Å². The molecule has 0 bridgehead atoms. The van der Waals surface area contributed by atoms with Gasteiger partial charge in [-0.15, -0.1) is 0 Å². The van der Waals surface area contributed by atoms with Gasteiger partial charge in [0.25, 0.3) is 0 Å². The van der Waals surface area contributed by atoms with E-state index >= 15 is 0 Å². The molecule has 2 aromatic rings. The van der Waals surface area contributed by atoms with Crippen LogP contribution >= 0.6 is 0 Å². The largest absolute Gasteiger partial charge is 1.00 e. The Labute approximate surface area is 104 Å². The van der Waals surface area contributed by atoms with Crippen LogP contribution in [0.2, 0.25) is 0 Å². The predicted octanol–water partition coefficient (Wildman–Crippen LogP) is -3.09. The van der Waals surface area contributed by atoms with E-state index < -0.39 is 5.97 Å². The van der Waals surface area contributed by atoms with Crippen LogP contribution in [-0.4, -0.2) is 20.9 Å². The molecule has 2 rings (SSSR count). The second kappa shape index (κ2) is 5.40. The molecule has 0 aliphatic carbocycles. The van der Waals surface area contributed by atoms with Crippen molar-refractivity contribution in [1.29, 1.82) is 0 Å². The zero-order chi connectivity index (χ0) is 10.7. The summed E-state index contributed by atoms with van der Waals surface area (Å²) >= 11 is 0. The normalized spacial score (nSPS) is 9.25. The van der Waals surface area contributed by atoms with E-state index in [0.717, 1.165) is 11.1 Å².